The Morgan fingerprint density at radius 2 is 1.83 bits per heavy atom. The zero-order valence-corrected chi connectivity index (χ0v) is 16.0. The summed E-state index contributed by atoms with van der Waals surface area (Å²) in [5.41, 5.74) is -1.31. The molecule has 0 saturated heterocycles. The number of alkyl halides is 3. The van der Waals surface area contributed by atoms with Gasteiger partial charge in [-0.3, -0.25) is 0 Å². The lowest BCUT2D eigenvalue weighted by atomic mass is 10.2. The Bertz CT molecular complexity index is 1160. The number of fused-ring (bicyclic) bond motifs is 1. The lowest BCUT2D eigenvalue weighted by molar-refractivity contribution is -0.140. The summed E-state index contributed by atoms with van der Waals surface area (Å²) in [4.78, 5) is 6.31. The van der Waals surface area contributed by atoms with Crippen LogP contribution in [0.1, 0.15) is 5.56 Å². The van der Waals surface area contributed by atoms with Gasteiger partial charge in [-0.1, -0.05) is 0 Å². The van der Waals surface area contributed by atoms with Gasteiger partial charge in [-0.25, -0.2) is 18.1 Å². The van der Waals surface area contributed by atoms with Crippen molar-refractivity contribution in [2.75, 3.05) is 26.1 Å². The number of hydrogen-bond acceptors (Lipinski definition) is 8. The molecule has 156 valence electrons. The number of aromatic nitrogens is 4. The highest BCUT2D eigenvalue weighted by molar-refractivity contribution is 7.92. The number of rotatable bonds is 6. The Morgan fingerprint density at radius 3 is 2.41 bits per heavy atom. The third kappa shape index (κ3) is 3.83. The van der Waals surface area contributed by atoms with E-state index < -0.39 is 38.5 Å². The minimum absolute atomic E-state index is 0.132. The molecule has 10 nitrogen and oxygen atoms in total. The number of sulfonamides is 1. The lowest BCUT2D eigenvalue weighted by Gasteiger charge is -2.15. The average molecular weight is 433 g/mol. The van der Waals surface area contributed by atoms with Crippen molar-refractivity contribution in [2.45, 2.75) is 11.1 Å². The number of hydrogen-bond donors (Lipinski definition) is 1. The predicted octanol–water partition coefficient (Wildman–Crippen LogP) is 1.97. The molecular formula is C15H14F3N5O5S. The number of anilines is 1. The van der Waals surface area contributed by atoms with Gasteiger partial charge >= 0.3 is 6.18 Å². The quantitative estimate of drug-likeness (QED) is 0.627. The van der Waals surface area contributed by atoms with Gasteiger partial charge in [-0.2, -0.15) is 22.7 Å². The predicted molar refractivity (Wildman–Crippen MR) is 92.7 cm³/mol. The molecule has 29 heavy (non-hydrogen) atoms. The molecule has 0 aliphatic heterocycles. The van der Waals surface area contributed by atoms with Crippen LogP contribution in [0.2, 0.25) is 0 Å². The molecule has 0 aromatic carbocycles. The number of methoxy groups -OCH3 is 3. The first kappa shape index (κ1) is 20.4. The van der Waals surface area contributed by atoms with Crippen molar-refractivity contribution >= 4 is 21.6 Å². The van der Waals surface area contributed by atoms with Crippen LogP contribution >= 0.6 is 0 Å². The smallest absolute Gasteiger partial charge is 0.418 e. The van der Waals surface area contributed by atoms with E-state index in [2.05, 4.69) is 15.1 Å². The summed E-state index contributed by atoms with van der Waals surface area (Å²) in [6.45, 7) is 0. The van der Waals surface area contributed by atoms with E-state index in [4.69, 9.17) is 14.2 Å². The van der Waals surface area contributed by atoms with E-state index in [9.17, 15) is 21.6 Å². The van der Waals surface area contributed by atoms with Crippen molar-refractivity contribution in [1.82, 2.24) is 19.6 Å². The second-order valence-corrected chi connectivity index (χ2v) is 7.06. The molecule has 3 rings (SSSR count). The van der Waals surface area contributed by atoms with E-state index in [0.717, 1.165) is 17.8 Å². The van der Waals surface area contributed by atoms with Gasteiger partial charge in [0.05, 0.1) is 26.9 Å². The van der Waals surface area contributed by atoms with Crippen molar-refractivity contribution < 1.29 is 35.8 Å². The van der Waals surface area contributed by atoms with Crippen LogP contribution in [-0.4, -0.2) is 49.3 Å². The molecule has 0 fully saturated rings. The molecule has 0 radical (unpaired) electrons. The summed E-state index contributed by atoms with van der Waals surface area (Å²) in [5, 5.41) is 3.91. The molecule has 0 bridgehead atoms. The van der Waals surface area contributed by atoms with Crippen LogP contribution in [0.3, 0.4) is 0 Å². The Kier molecular flexibility index (Phi) is 5.13. The van der Waals surface area contributed by atoms with Crippen molar-refractivity contribution in [1.29, 1.82) is 0 Å². The molecule has 0 unspecified atom stereocenters. The van der Waals surface area contributed by atoms with Crippen LogP contribution in [0, 0.1) is 0 Å². The van der Waals surface area contributed by atoms with Crippen molar-refractivity contribution in [2.24, 2.45) is 0 Å². The highest BCUT2D eigenvalue weighted by Gasteiger charge is 2.40. The molecular weight excluding hydrogens is 419 g/mol. The van der Waals surface area contributed by atoms with E-state index in [1.165, 1.54) is 26.4 Å². The number of halogens is 3. The zero-order chi connectivity index (χ0) is 21.4. The van der Waals surface area contributed by atoms with Crippen LogP contribution < -0.4 is 18.9 Å². The fourth-order valence-electron chi connectivity index (χ4n) is 2.47. The first-order valence-corrected chi connectivity index (χ1v) is 9.21. The summed E-state index contributed by atoms with van der Waals surface area (Å²) in [6.07, 6.45) is -4.18. The second kappa shape index (κ2) is 7.27. The van der Waals surface area contributed by atoms with Gasteiger partial charge in [0.25, 0.3) is 16.0 Å². The van der Waals surface area contributed by atoms with Crippen LogP contribution in [-0.2, 0) is 16.2 Å². The maximum Gasteiger partial charge on any atom is 0.418 e. The third-order valence-electron chi connectivity index (χ3n) is 3.69. The molecule has 3 aromatic rings. The molecule has 1 N–H and O–H groups in total. The maximum atomic E-state index is 13.3. The van der Waals surface area contributed by atoms with Crippen LogP contribution in [0.4, 0.5) is 19.1 Å². The Hall–Kier alpha value is -3.29. The fraction of sp³-hybridized carbons (Fsp3) is 0.267. The van der Waals surface area contributed by atoms with Gasteiger partial charge in [0.2, 0.25) is 11.8 Å². The standard InChI is InChI=1S/C15H14F3N5O5S/c1-26-8-6-10-20-14(21-23(10)11(7-8)27-2)22-29(24,25)12-9(15(16,17)18)4-5-19-13(12)28-3/h4-7H,1-3H3,(H,21,22). The fourth-order valence-corrected chi connectivity index (χ4v) is 3.73. The van der Waals surface area contributed by atoms with Gasteiger partial charge < -0.3 is 14.2 Å². The van der Waals surface area contributed by atoms with E-state index >= 15 is 0 Å². The van der Waals surface area contributed by atoms with E-state index in [1.807, 2.05) is 4.72 Å². The molecule has 0 amide bonds. The second-order valence-electron chi connectivity index (χ2n) is 5.44. The Labute approximate surface area is 162 Å². The molecule has 0 saturated carbocycles. The van der Waals surface area contributed by atoms with E-state index in [0.29, 0.717) is 11.8 Å². The number of nitrogens with zero attached hydrogens (tertiary/aromatic N) is 4. The summed E-state index contributed by atoms with van der Waals surface area (Å²) in [5.74, 6) is -0.706. The number of nitrogens with one attached hydrogen (secondary N) is 1. The summed E-state index contributed by atoms with van der Waals surface area (Å²) in [6, 6.07) is 3.42. The van der Waals surface area contributed by atoms with Gasteiger partial charge in [-0.15, -0.1) is 5.10 Å². The van der Waals surface area contributed by atoms with Crippen molar-refractivity contribution in [3.63, 3.8) is 0 Å². The summed E-state index contributed by atoms with van der Waals surface area (Å²) in [7, 11) is -1.07. The molecule has 0 aliphatic rings. The van der Waals surface area contributed by atoms with Crippen LogP contribution in [0.25, 0.3) is 5.65 Å². The largest absolute Gasteiger partial charge is 0.496 e. The first-order valence-electron chi connectivity index (χ1n) is 7.72. The van der Waals surface area contributed by atoms with Gasteiger partial charge in [0.15, 0.2) is 10.5 Å². The van der Waals surface area contributed by atoms with Gasteiger partial charge in [-0.05, 0) is 6.07 Å². The zero-order valence-electron chi connectivity index (χ0n) is 15.2. The summed E-state index contributed by atoms with van der Waals surface area (Å²) < 4.78 is 83.5. The molecule has 0 spiro atoms. The topological polar surface area (TPSA) is 117 Å². The minimum atomic E-state index is -4.97. The maximum absolute atomic E-state index is 13.3. The SMILES string of the molecule is COc1cc(OC)n2nc(NS(=O)(=O)c3c(C(F)(F)F)ccnc3OC)nc2c1. The van der Waals surface area contributed by atoms with E-state index in [1.54, 1.807) is 0 Å². The first-order chi connectivity index (χ1) is 13.6. The summed E-state index contributed by atoms with van der Waals surface area (Å²) >= 11 is 0. The highest BCUT2D eigenvalue weighted by Crippen LogP contribution is 2.38. The highest BCUT2D eigenvalue weighted by atomic mass is 32.2. The van der Waals surface area contributed by atoms with Gasteiger partial charge in [0.1, 0.15) is 5.75 Å². The molecule has 14 heteroatoms. The van der Waals surface area contributed by atoms with E-state index in [-0.39, 0.29) is 11.5 Å². The van der Waals surface area contributed by atoms with Crippen molar-refractivity contribution in [3.8, 4) is 17.5 Å². The average Bonchev–Trinajstić information content (AvgIpc) is 3.07. The number of ether oxygens (including phenoxy) is 3. The monoisotopic (exact) mass is 433 g/mol. The number of pyridine rings is 2. The third-order valence-corrected chi connectivity index (χ3v) is 5.07. The Morgan fingerprint density at radius 1 is 1.10 bits per heavy atom. The van der Waals surface area contributed by atoms with Crippen molar-refractivity contribution in [3.05, 3.63) is 30.0 Å². The molecule has 0 aliphatic carbocycles. The molecule has 3 heterocycles. The van der Waals surface area contributed by atoms with Gasteiger partial charge in [0, 0.05) is 18.3 Å². The van der Waals surface area contributed by atoms with Crippen LogP contribution in [0.5, 0.6) is 17.5 Å². The molecule has 0 atom stereocenters. The normalized spacial score (nSPS) is 12.1. The molecule has 3 aromatic heterocycles. The minimum Gasteiger partial charge on any atom is -0.496 e. The lowest BCUT2D eigenvalue weighted by Crippen LogP contribution is -2.21. The van der Waals surface area contributed by atoms with Crippen LogP contribution in [0.15, 0.2) is 29.3 Å². The Balaban J connectivity index is 2.12.